The fourth-order valence-electron chi connectivity index (χ4n) is 2.09. The number of hydrogen-bond donors (Lipinski definition) is 0. The molecule has 0 aliphatic rings. The highest BCUT2D eigenvalue weighted by molar-refractivity contribution is 9.10. The lowest BCUT2D eigenvalue weighted by Gasteiger charge is -2.18. The summed E-state index contributed by atoms with van der Waals surface area (Å²) in [6.45, 7) is 0.187. The number of hydrogen-bond acceptors (Lipinski definition) is 5. The molecule has 8 heteroatoms. The number of halogens is 1. The van der Waals surface area contributed by atoms with Crippen molar-refractivity contribution in [2.24, 2.45) is 0 Å². The van der Waals surface area contributed by atoms with Gasteiger partial charge in [-0.3, -0.25) is 14.9 Å². The molecule has 0 saturated carbocycles. The molecular weight excluding hydrogens is 392 g/mol. The molecule has 0 heterocycles. The van der Waals surface area contributed by atoms with Gasteiger partial charge >= 0.3 is 0 Å². The highest BCUT2D eigenvalue weighted by atomic mass is 79.9. The maximum Gasteiger partial charge on any atom is 0.273 e. The molecule has 2 aromatic carbocycles. The summed E-state index contributed by atoms with van der Waals surface area (Å²) in [6, 6.07) is 11.6. The fourth-order valence-corrected chi connectivity index (χ4v) is 2.36. The molecular formula is C17H17BrN2O5. The van der Waals surface area contributed by atoms with E-state index in [0.29, 0.717) is 12.3 Å². The predicted octanol–water partition coefficient (Wildman–Crippen LogP) is 3.40. The van der Waals surface area contributed by atoms with Gasteiger partial charge in [0.05, 0.1) is 18.1 Å². The first kappa shape index (κ1) is 18.7. The molecule has 0 atom stereocenters. The van der Waals surface area contributed by atoms with E-state index >= 15 is 0 Å². The van der Waals surface area contributed by atoms with Crippen LogP contribution < -0.4 is 9.47 Å². The summed E-state index contributed by atoms with van der Waals surface area (Å²) in [5.41, 5.74) is 0.846. The number of methoxy groups -OCH3 is 1. The molecule has 1 amide bonds. The molecule has 0 radical (unpaired) electrons. The predicted molar refractivity (Wildman–Crippen MR) is 95.8 cm³/mol. The number of carbonyl (C=O) groups excluding carboxylic acids is 1. The first-order chi connectivity index (χ1) is 11.9. The zero-order chi connectivity index (χ0) is 18.4. The molecule has 0 aliphatic carbocycles. The minimum Gasteiger partial charge on any atom is -0.493 e. The largest absolute Gasteiger partial charge is 0.493 e. The van der Waals surface area contributed by atoms with E-state index in [0.717, 1.165) is 10.0 Å². The third-order valence-corrected chi connectivity index (χ3v) is 4.00. The maximum absolute atomic E-state index is 12.2. The van der Waals surface area contributed by atoms with Crippen LogP contribution in [0.3, 0.4) is 0 Å². The van der Waals surface area contributed by atoms with Crippen LogP contribution in [-0.4, -0.2) is 36.5 Å². The van der Waals surface area contributed by atoms with E-state index in [9.17, 15) is 14.9 Å². The molecule has 2 rings (SSSR count). The Bertz CT molecular complexity index is 764. The lowest BCUT2D eigenvalue weighted by Crippen LogP contribution is -2.31. The molecule has 0 aromatic heterocycles. The zero-order valence-corrected chi connectivity index (χ0v) is 15.4. The molecule has 132 valence electrons. The van der Waals surface area contributed by atoms with E-state index in [4.69, 9.17) is 9.47 Å². The monoisotopic (exact) mass is 408 g/mol. The molecule has 0 bridgehead atoms. The second kappa shape index (κ2) is 8.48. The number of nitro groups is 1. The average Bonchev–Trinajstić information content (AvgIpc) is 2.61. The number of likely N-dealkylation sites (N-methyl/N-ethyl adjacent to an activating group) is 1. The minimum absolute atomic E-state index is 0.133. The number of carbonyl (C=O) groups is 1. The van der Waals surface area contributed by atoms with Gasteiger partial charge in [-0.05, 0) is 23.8 Å². The van der Waals surface area contributed by atoms with Gasteiger partial charge < -0.3 is 14.4 Å². The van der Waals surface area contributed by atoms with Gasteiger partial charge in [0.2, 0.25) is 0 Å². The normalized spacial score (nSPS) is 10.2. The van der Waals surface area contributed by atoms with Crippen molar-refractivity contribution in [3.05, 3.63) is 62.6 Å². The van der Waals surface area contributed by atoms with Crippen LogP contribution >= 0.6 is 15.9 Å². The van der Waals surface area contributed by atoms with E-state index in [2.05, 4.69) is 15.9 Å². The van der Waals surface area contributed by atoms with Crippen LogP contribution in [0.25, 0.3) is 0 Å². The van der Waals surface area contributed by atoms with Gasteiger partial charge in [-0.2, -0.15) is 0 Å². The van der Waals surface area contributed by atoms with Crippen LogP contribution in [0, 0.1) is 10.1 Å². The number of ether oxygens (including phenoxy) is 2. The van der Waals surface area contributed by atoms with Crippen molar-refractivity contribution in [2.45, 2.75) is 6.54 Å². The molecule has 0 aliphatic heterocycles. The lowest BCUT2D eigenvalue weighted by atomic mass is 10.2. The molecule has 0 saturated heterocycles. The maximum atomic E-state index is 12.2. The number of benzene rings is 2. The second-order valence-corrected chi connectivity index (χ2v) is 6.17. The van der Waals surface area contributed by atoms with Crippen LogP contribution in [0.15, 0.2) is 46.9 Å². The van der Waals surface area contributed by atoms with Gasteiger partial charge in [0.25, 0.3) is 11.6 Å². The van der Waals surface area contributed by atoms with Gasteiger partial charge in [-0.15, -0.1) is 0 Å². The SMILES string of the molecule is COc1ccc([N+](=O)[O-])cc1OCC(=O)N(C)Cc1ccc(Br)cc1. The van der Waals surface area contributed by atoms with Crippen molar-refractivity contribution in [1.82, 2.24) is 4.90 Å². The third kappa shape index (κ3) is 5.18. The summed E-state index contributed by atoms with van der Waals surface area (Å²) < 4.78 is 11.5. The van der Waals surface area contributed by atoms with Crippen molar-refractivity contribution in [3.8, 4) is 11.5 Å². The average molecular weight is 409 g/mol. The Morgan fingerprint density at radius 2 is 1.88 bits per heavy atom. The van der Waals surface area contributed by atoms with Gasteiger partial charge in [0.1, 0.15) is 0 Å². The topological polar surface area (TPSA) is 81.9 Å². The van der Waals surface area contributed by atoms with Crippen molar-refractivity contribution < 1.29 is 19.2 Å². The summed E-state index contributed by atoms with van der Waals surface area (Å²) in [6.07, 6.45) is 0. The number of nitrogens with zero attached hydrogens (tertiary/aromatic N) is 2. The van der Waals surface area contributed by atoms with Gasteiger partial charge in [0.15, 0.2) is 18.1 Å². The summed E-state index contributed by atoms with van der Waals surface area (Å²) in [5.74, 6) is 0.229. The van der Waals surface area contributed by atoms with E-state index in [1.807, 2.05) is 24.3 Å². The molecule has 0 spiro atoms. The molecule has 0 unspecified atom stereocenters. The lowest BCUT2D eigenvalue weighted by molar-refractivity contribution is -0.385. The molecule has 7 nitrogen and oxygen atoms in total. The number of rotatable bonds is 7. The molecule has 2 aromatic rings. The van der Waals surface area contributed by atoms with E-state index in [1.165, 1.54) is 30.2 Å². The number of non-ortho nitro benzene ring substituents is 1. The first-order valence-corrected chi connectivity index (χ1v) is 8.13. The smallest absolute Gasteiger partial charge is 0.273 e. The molecule has 0 fully saturated rings. The summed E-state index contributed by atoms with van der Waals surface area (Å²) in [5, 5.41) is 10.9. The van der Waals surface area contributed by atoms with Crippen LogP contribution in [0.2, 0.25) is 0 Å². The number of amides is 1. The summed E-state index contributed by atoms with van der Waals surface area (Å²) >= 11 is 3.36. The Morgan fingerprint density at radius 3 is 2.48 bits per heavy atom. The van der Waals surface area contributed by atoms with Crippen LogP contribution in [0.1, 0.15) is 5.56 Å². The first-order valence-electron chi connectivity index (χ1n) is 7.34. The number of nitro benzene ring substituents is 1. The standard InChI is InChI=1S/C17H17BrN2O5/c1-19(10-12-3-5-13(18)6-4-12)17(21)11-25-16-9-14(20(22)23)7-8-15(16)24-2/h3-9H,10-11H2,1-2H3. The Hall–Kier alpha value is -2.61. The Labute approximate surface area is 153 Å². The highest BCUT2D eigenvalue weighted by Crippen LogP contribution is 2.31. The van der Waals surface area contributed by atoms with Crippen molar-refractivity contribution in [2.75, 3.05) is 20.8 Å². The fraction of sp³-hybridized carbons (Fsp3) is 0.235. The second-order valence-electron chi connectivity index (χ2n) is 5.26. The minimum atomic E-state index is -0.534. The van der Waals surface area contributed by atoms with Gasteiger partial charge in [-0.1, -0.05) is 28.1 Å². The third-order valence-electron chi connectivity index (χ3n) is 3.47. The Kier molecular flexibility index (Phi) is 6.35. The highest BCUT2D eigenvalue weighted by Gasteiger charge is 2.15. The van der Waals surface area contributed by atoms with Crippen molar-refractivity contribution in [3.63, 3.8) is 0 Å². The quantitative estimate of drug-likeness (QED) is 0.517. The Morgan fingerprint density at radius 1 is 1.20 bits per heavy atom. The molecule has 0 N–H and O–H groups in total. The Balaban J connectivity index is 2.00. The van der Waals surface area contributed by atoms with Gasteiger partial charge in [-0.25, -0.2) is 0 Å². The van der Waals surface area contributed by atoms with Gasteiger partial charge in [0, 0.05) is 24.1 Å². The summed E-state index contributed by atoms with van der Waals surface area (Å²) in [7, 11) is 3.09. The molecule has 25 heavy (non-hydrogen) atoms. The van der Waals surface area contributed by atoms with E-state index in [-0.39, 0.29) is 24.0 Å². The van der Waals surface area contributed by atoms with Crippen LogP contribution in [0.4, 0.5) is 5.69 Å². The zero-order valence-electron chi connectivity index (χ0n) is 13.8. The van der Waals surface area contributed by atoms with Crippen molar-refractivity contribution >= 4 is 27.5 Å². The van der Waals surface area contributed by atoms with E-state index < -0.39 is 4.92 Å². The van der Waals surface area contributed by atoms with Crippen LogP contribution in [0.5, 0.6) is 11.5 Å². The van der Waals surface area contributed by atoms with Crippen molar-refractivity contribution in [1.29, 1.82) is 0 Å². The summed E-state index contributed by atoms with van der Waals surface area (Å²) in [4.78, 5) is 24.1. The van der Waals surface area contributed by atoms with E-state index in [1.54, 1.807) is 7.05 Å². The van der Waals surface area contributed by atoms with Crippen LogP contribution in [-0.2, 0) is 11.3 Å².